The summed E-state index contributed by atoms with van der Waals surface area (Å²) >= 11 is 5.80. The third kappa shape index (κ3) is 5.18. The molecule has 1 unspecified atom stereocenters. The summed E-state index contributed by atoms with van der Waals surface area (Å²) in [7, 11) is 0. The van der Waals surface area contributed by atoms with Gasteiger partial charge in [0.25, 0.3) is 0 Å². The van der Waals surface area contributed by atoms with Gasteiger partial charge in [0.1, 0.15) is 0 Å². The fourth-order valence-corrected chi connectivity index (χ4v) is 2.08. The highest BCUT2D eigenvalue weighted by molar-refractivity contribution is 6.30. The average Bonchev–Trinajstić information content (AvgIpc) is 2.53. The first-order valence-corrected chi connectivity index (χ1v) is 7.96. The molecular formula is C17H21ClN4O2. The molecule has 0 aliphatic carbocycles. The lowest BCUT2D eigenvalue weighted by molar-refractivity contribution is 0.175. The van der Waals surface area contributed by atoms with Crippen molar-refractivity contribution in [3.63, 3.8) is 0 Å². The molecule has 1 atom stereocenters. The summed E-state index contributed by atoms with van der Waals surface area (Å²) in [5.74, 6) is 0.349. The molecule has 0 fully saturated rings. The molecule has 6 nitrogen and oxygen atoms in total. The van der Waals surface area contributed by atoms with Gasteiger partial charge in [0.05, 0.1) is 11.8 Å². The summed E-state index contributed by atoms with van der Waals surface area (Å²) in [5, 5.41) is 23.9. The molecule has 0 radical (unpaired) electrons. The zero-order valence-corrected chi connectivity index (χ0v) is 14.6. The quantitative estimate of drug-likeness (QED) is 0.791. The molecule has 0 aliphatic heterocycles. The Morgan fingerprint density at radius 1 is 1.17 bits per heavy atom. The van der Waals surface area contributed by atoms with Gasteiger partial charge in [-0.2, -0.15) is 5.10 Å². The van der Waals surface area contributed by atoms with Crippen LogP contribution in [0.3, 0.4) is 0 Å². The van der Waals surface area contributed by atoms with Crippen molar-refractivity contribution in [3.05, 3.63) is 52.7 Å². The van der Waals surface area contributed by atoms with Crippen molar-refractivity contribution in [2.24, 2.45) is 0 Å². The van der Waals surface area contributed by atoms with Gasteiger partial charge in [-0.1, -0.05) is 44.5 Å². The maximum atomic E-state index is 11.9. The molecule has 24 heavy (non-hydrogen) atoms. The number of halogens is 1. The van der Waals surface area contributed by atoms with Gasteiger partial charge in [-0.05, 0) is 29.8 Å². The fourth-order valence-electron chi connectivity index (χ4n) is 1.95. The molecule has 2 rings (SSSR count). The van der Waals surface area contributed by atoms with E-state index >= 15 is 0 Å². The number of hydrogen-bond donors (Lipinski definition) is 3. The minimum Gasteiger partial charge on any atom is -0.387 e. The number of carbonyl (C=O) groups excluding carboxylic acids is 1. The van der Waals surface area contributed by atoms with Crippen LogP contribution in [0.25, 0.3) is 0 Å². The van der Waals surface area contributed by atoms with Gasteiger partial charge < -0.3 is 10.4 Å². The van der Waals surface area contributed by atoms with Gasteiger partial charge in [-0.15, -0.1) is 5.10 Å². The summed E-state index contributed by atoms with van der Waals surface area (Å²) < 4.78 is 0. The number of nitrogens with one attached hydrogen (secondary N) is 2. The van der Waals surface area contributed by atoms with Crippen molar-refractivity contribution in [2.45, 2.75) is 32.3 Å². The van der Waals surface area contributed by atoms with Crippen molar-refractivity contribution in [2.75, 3.05) is 11.9 Å². The number of aromatic nitrogens is 2. The van der Waals surface area contributed by atoms with E-state index in [-0.39, 0.29) is 12.0 Å². The lowest BCUT2D eigenvalue weighted by Crippen LogP contribution is -2.32. The van der Waals surface area contributed by atoms with E-state index in [1.807, 2.05) is 26.8 Å². The Labute approximate surface area is 146 Å². The van der Waals surface area contributed by atoms with E-state index < -0.39 is 12.1 Å². The predicted octanol–water partition coefficient (Wildman–Crippen LogP) is 3.28. The standard InChI is InChI=1S/C17H21ClN4O2/c1-17(2,3)14-8-9-15(22-21-14)20-16(24)19-10-13(23)11-4-6-12(18)7-5-11/h4-9,13,23H,10H2,1-3H3,(H2,19,20,22,24). The number of aliphatic hydroxyl groups excluding tert-OH is 1. The van der Waals surface area contributed by atoms with Crippen molar-refractivity contribution >= 4 is 23.4 Å². The van der Waals surface area contributed by atoms with E-state index in [0.29, 0.717) is 16.4 Å². The Hall–Kier alpha value is -2.18. The highest BCUT2D eigenvalue weighted by Gasteiger charge is 2.16. The average molecular weight is 349 g/mol. The smallest absolute Gasteiger partial charge is 0.320 e. The summed E-state index contributed by atoms with van der Waals surface area (Å²) in [4.78, 5) is 11.9. The van der Waals surface area contributed by atoms with E-state index in [1.165, 1.54) is 0 Å². The summed E-state index contributed by atoms with van der Waals surface area (Å²) in [5.41, 5.74) is 1.41. The maximum Gasteiger partial charge on any atom is 0.320 e. The predicted molar refractivity (Wildman–Crippen MR) is 94.2 cm³/mol. The minimum absolute atomic E-state index is 0.0704. The van der Waals surface area contributed by atoms with Crippen molar-refractivity contribution < 1.29 is 9.90 Å². The Balaban J connectivity index is 1.86. The number of amides is 2. The molecule has 0 saturated heterocycles. The topological polar surface area (TPSA) is 87.1 Å². The third-order valence-electron chi connectivity index (χ3n) is 3.39. The molecule has 1 aromatic heterocycles. The van der Waals surface area contributed by atoms with Crippen LogP contribution in [0, 0.1) is 0 Å². The Morgan fingerprint density at radius 3 is 2.38 bits per heavy atom. The minimum atomic E-state index is -0.817. The molecule has 0 saturated carbocycles. The molecule has 2 aromatic rings. The van der Waals surface area contributed by atoms with E-state index in [4.69, 9.17) is 11.6 Å². The number of carbonyl (C=O) groups is 1. The highest BCUT2D eigenvalue weighted by Crippen LogP contribution is 2.19. The van der Waals surface area contributed by atoms with Crippen LogP contribution in [0.5, 0.6) is 0 Å². The number of aliphatic hydroxyl groups is 1. The lowest BCUT2D eigenvalue weighted by atomic mass is 9.92. The second-order valence-corrected chi connectivity index (χ2v) is 6.89. The van der Waals surface area contributed by atoms with Crippen LogP contribution >= 0.6 is 11.6 Å². The number of anilines is 1. The van der Waals surface area contributed by atoms with Gasteiger partial charge in [0.15, 0.2) is 5.82 Å². The van der Waals surface area contributed by atoms with E-state index in [0.717, 1.165) is 5.69 Å². The third-order valence-corrected chi connectivity index (χ3v) is 3.64. The second kappa shape index (κ2) is 7.59. The zero-order chi connectivity index (χ0) is 17.7. The number of nitrogens with zero attached hydrogens (tertiary/aromatic N) is 2. The van der Waals surface area contributed by atoms with Crippen molar-refractivity contribution in [1.29, 1.82) is 0 Å². The molecule has 2 amide bonds. The van der Waals surface area contributed by atoms with Gasteiger partial charge >= 0.3 is 6.03 Å². The lowest BCUT2D eigenvalue weighted by Gasteiger charge is -2.17. The van der Waals surface area contributed by atoms with Crippen LogP contribution in [0.15, 0.2) is 36.4 Å². The molecule has 128 valence electrons. The summed E-state index contributed by atoms with van der Waals surface area (Å²) in [6.07, 6.45) is -0.817. The van der Waals surface area contributed by atoms with Gasteiger partial charge in [-0.3, -0.25) is 5.32 Å². The number of benzene rings is 1. The molecule has 0 aliphatic rings. The van der Waals surface area contributed by atoms with E-state index in [1.54, 1.807) is 30.3 Å². The number of urea groups is 1. The van der Waals surface area contributed by atoms with Crippen LogP contribution in [0.4, 0.5) is 10.6 Å². The van der Waals surface area contributed by atoms with Crippen molar-refractivity contribution in [1.82, 2.24) is 15.5 Å². The maximum absolute atomic E-state index is 11.9. The van der Waals surface area contributed by atoms with Gasteiger partial charge in [0, 0.05) is 17.0 Å². The van der Waals surface area contributed by atoms with Crippen LogP contribution in [-0.4, -0.2) is 27.9 Å². The normalized spacial score (nSPS) is 12.5. The number of rotatable bonds is 4. The molecular weight excluding hydrogens is 328 g/mol. The largest absolute Gasteiger partial charge is 0.387 e. The van der Waals surface area contributed by atoms with Crippen LogP contribution in [0.2, 0.25) is 5.02 Å². The Morgan fingerprint density at radius 2 is 1.83 bits per heavy atom. The number of hydrogen-bond acceptors (Lipinski definition) is 4. The summed E-state index contributed by atoms with van der Waals surface area (Å²) in [6.45, 7) is 6.18. The second-order valence-electron chi connectivity index (χ2n) is 6.46. The first-order valence-electron chi connectivity index (χ1n) is 7.58. The van der Waals surface area contributed by atoms with Crippen LogP contribution in [-0.2, 0) is 5.41 Å². The molecule has 1 aromatic carbocycles. The fraction of sp³-hybridized carbons (Fsp3) is 0.353. The van der Waals surface area contributed by atoms with Crippen molar-refractivity contribution in [3.8, 4) is 0 Å². The first kappa shape index (κ1) is 18.2. The van der Waals surface area contributed by atoms with Crippen LogP contribution < -0.4 is 10.6 Å². The summed E-state index contributed by atoms with van der Waals surface area (Å²) in [6, 6.07) is 9.86. The molecule has 1 heterocycles. The van der Waals surface area contributed by atoms with Crippen LogP contribution in [0.1, 0.15) is 38.1 Å². The zero-order valence-electron chi connectivity index (χ0n) is 13.9. The SMILES string of the molecule is CC(C)(C)c1ccc(NC(=O)NCC(O)c2ccc(Cl)cc2)nn1. The Bertz CT molecular complexity index is 681. The molecule has 7 heteroatoms. The van der Waals surface area contributed by atoms with E-state index in [2.05, 4.69) is 20.8 Å². The van der Waals surface area contributed by atoms with E-state index in [9.17, 15) is 9.90 Å². The van der Waals surface area contributed by atoms with Gasteiger partial charge in [-0.25, -0.2) is 4.79 Å². The molecule has 0 bridgehead atoms. The Kier molecular flexibility index (Phi) is 5.75. The monoisotopic (exact) mass is 348 g/mol. The first-order chi connectivity index (χ1) is 11.3. The molecule has 3 N–H and O–H groups in total. The highest BCUT2D eigenvalue weighted by atomic mass is 35.5. The van der Waals surface area contributed by atoms with Gasteiger partial charge in [0.2, 0.25) is 0 Å². The molecule has 0 spiro atoms.